The van der Waals surface area contributed by atoms with Gasteiger partial charge in [-0.05, 0) is 50.0 Å². The standard InChI is InChI=1S/C16H33NO2S/c1-6-10-17-16(13(4)12(2)3)14-8-7-9-15(11-14)20(5,18)19/h12-17H,6-11H2,1-5H3. The molecule has 120 valence electrons. The smallest absolute Gasteiger partial charge is 0.150 e. The minimum Gasteiger partial charge on any atom is -0.313 e. The van der Waals surface area contributed by atoms with Crippen molar-refractivity contribution in [1.29, 1.82) is 0 Å². The molecule has 4 heteroatoms. The van der Waals surface area contributed by atoms with E-state index < -0.39 is 9.84 Å². The first-order chi connectivity index (χ1) is 9.27. The third-order valence-corrected chi connectivity index (χ3v) is 6.67. The second-order valence-corrected chi connectivity index (χ2v) is 9.29. The highest BCUT2D eigenvalue weighted by atomic mass is 32.2. The van der Waals surface area contributed by atoms with Gasteiger partial charge in [-0.15, -0.1) is 0 Å². The van der Waals surface area contributed by atoms with Gasteiger partial charge in [0, 0.05) is 12.3 Å². The average molecular weight is 304 g/mol. The molecule has 1 N–H and O–H groups in total. The van der Waals surface area contributed by atoms with E-state index in [4.69, 9.17) is 0 Å². The van der Waals surface area contributed by atoms with Gasteiger partial charge in [-0.2, -0.15) is 0 Å². The van der Waals surface area contributed by atoms with Gasteiger partial charge in [0.2, 0.25) is 0 Å². The molecule has 0 aromatic rings. The molecular weight excluding hydrogens is 270 g/mol. The maximum Gasteiger partial charge on any atom is 0.150 e. The van der Waals surface area contributed by atoms with Crippen LogP contribution in [-0.4, -0.2) is 32.5 Å². The van der Waals surface area contributed by atoms with Gasteiger partial charge >= 0.3 is 0 Å². The third-order valence-electron chi connectivity index (χ3n) is 5.03. The van der Waals surface area contributed by atoms with E-state index in [2.05, 4.69) is 33.0 Å². The predicted molar refractivity (Wildman–Crippen MR) is 86.7 cm³/mol. The molecule has 0 heterocycles. The zero-order chi connectivity index (χ0) is 15.3. The monoisotopic (exact) mass is 303 g/mol. The average Bonchev–Trinajstić information content (AvgIpc) is 2.38. The Hall–Kier alpha value is -0.0900. The number of nitrogens with one attached hydrogen (secondary N) is 1. The normalized spacial score (nSPS) is 27.5. The van der Waals surface area contributed by atoms with Crippen LogP contribution in [0.5, 0.6) is 0 Å². The molecule has 3 nitrogen and oxygen atoms in total. The molecule has 1 aliphatic rings. The molecule has 1 fully saturated rings. The molecule has 0 aromatic heterocycles. The topological polar surface area (TPSA) is 46.2 Å². The number of hydrogen-bond acceptors (Lipinski definition) is 3. The summed E-state index contributed by atoms with van der Waals surface area (Å²) in [5.41, 5.74) is 0. The zero-order valence-corrected chi connectivity index (χ0v) is 14.7. The fraction of sp³-hybridized carbons (Fsp3) is 1.00. The van der Waals surface area contributed by atoms with E-state index in [-0.39, 0.29) is 5.25 Å². The van der Waals surface area contributed by atoms with Crippen molar-refractivity contribution in [2.24, 2.45) is 17.8 Å². The molecule has 0 spiro atoms. The molecular formula is C16H33NO2S. The van der Waals surface area contributed by atoms with Crippen molar-refractivity contribution in [3.63, 3.8) is 0 Å². The van der Waals surface area contributed by atoms with E-state index in [1.807, 2.05) is 0 Å². The first-order valence-electron chi connectivity index (χ1n) is 8.19. The van der Waals surface area contributed by atoms with Crippen LogP contribution in [0.25, 0.3) is 0 Å². The van der Waals surface area contributed by atoms with Crippen LogP contribution in [0, 0.1) is 17.8 Å². The summed E-state index contributed by atoms with van der Waals surface area (Å²) in [6.45, 7) is 10.1. The fourth-order valence-electron chi connectivity index (χ4n) is 3.40. The zero-order valence-electron chi connectivity index (χ0n) is 13.9. The Labute approximate surface area is 125 Å². The minimum absolute atomic E-state index is 0.119. The summed E-state index contributed by atoms with van der Waals surface area (Å²) in [4.78, 5) is 0. The number of rotatable bonds is 7. The van der Waals surface area contributed by atoms with E-state index in [1.54, 1.807) is 0 Å². The lowest BCUT2D eigenvalue weighted by Crippen LogP contribution is -2.46. The summed E-state index contributed by atoms with van der Waals surface area (Å²) >= 11 is 0. The predicted octanol–water partition coefficient (Wildman–Crippen LogP) is 3.25. The quantitative estimate of drug-likeness (QED) is 0.785. The van der Waals surface area contributed by atoms with Crippen LogP contribution in [0.4, 0.5) is 0 Å². The molecule has 0 bridgehead atoms. The van der Waals surface area contributed by atoms with Crippen LogP contribution in [0.3, 0.4) is 0 Å². The van der Waals surface area contributed by atoms with Gasteiger partial charge in [0.1, 0.15) is 9.84 Å². The Kier molecular flexibility index (Phi) is 6.99. The molecule has 1 rings (SSSR count). The van der Waals surface area contributed by atoms with Crippen molar-refractivity contribution in [3.05, 3.63) is 0 Å². The molecule has 0 radical (unpaired) electrons. The number of hydrogen-bond donors (Lipinski definition) is 1. The highest BCUT2D eigenvalue weighted by molar-refractivity contribution is 7.91. The Bertz CT molecular complexity index is 378. The summed E-state index contributed by atoms with van der Waals surface area (Å²) in [6.07, 6.45) is 6.45. The first-order valence-corrected chi connectivity index (χ1v) is 10.1. The van der Waals surface area contributed by atoms with E-state index in [0.717, 1.165) is 32.2 Å². The molecule has 4 unspecified atom stereocenters. The maximum atomic E-state index is 11.9. The van der Waals surface area contributed by atoms with E-state index in [0.29, 0.717) is 23.8 Å². The Morgan fingerprint density at radius 1 is 1.20 bits per heavy atom. The lowest BCUT2D eigenvalue weighted by molar-refractivity contribution is 0.185. The lowest BCUT2D eigenvalue weighted by atomic mass is 9.75. The molecule has 0 saturated heterocycles. The molecule has 1 aliphatic carbocycles. The molecule has 20 heavy (non-hydrogen) atoms. The SMILES string of the molecule is CCCNC(C1CCCC(S(C)(=O)=O)C1)C(C)C(C)C. The van der Waals surface area contributed by atoms with Crippen LogP contribution < -0.4 is 5.32 Å². The maximum absolute atomic E-state index is 11.9. The number of sulfone groups is 1. The lowest BCUT2D eigenvalue weighted by Gasteiger charge is -2.39. The fourth-order valence-corrected chi connectivity index (χ4v) is 4.60. The van der Waals surface area contributed by atoms with Crippen LogP contribution in [0.15, 0.2) is 0 Å². The van der Waals surface area contributed by atoms with Crippen molar-refractivity contribution in [1.82, 2.24) is 5.32 Å². The summed E-state index contributed by atoms with van der Waals surface area (Å²) in [5, 5.41) is 3.58. The third kappa shape index (κ3) is 5.03. The van der Waals surface area contributed by atoms with Gasteiger partial charge in [-0.3, -0.25) is 0 Å². The van der Waals surface area contributed by atoms with E-state index in [1.165, 1.54) is 12.7 Å². The highest BCUT2D eigenvalue weighted by Gasteiger charge is 2.35. The van der Waals surface area contributed by atoms with Gasteiger partial charge in [0.15, 0.2) is 0 Å². The Morgan fingerprint density at radius 3 is 2.35 bits per heavy atom. The largest absolute Gasteiger partial charge is 0.313 e. The summed E-state index contributed by atoms with van der Waals surface area (Å²) < 4.78 is 23.7. The van der Waals surface area contributed by atoms with Crippen molar-refractivity contribution in [3.8, 4) is 0 Å². The first kappa shape index (κ1) is 18.0. The van der Waals surface area contributed by atoms with Gasteiger partial charge in [-0.25, -0.2) is 8.42 Å². The van der Waals surface area contributed by atoms with E-state index >= 15 is 0 Å². The van der Waals surface area contributed by atoms with Crippen molar-refractivity contribution in [2.75, 3.05) is 12.8 Å². The van der Waals surface area contributed by atoms with E-state index in [9.17, 15) is 8.42 Å². The molecule has 4 atom stereocenters. The van der Waals surface area contributed by atoms with Crippen LogP contribution in [-0.2, 0) is 9.84 Å². The van der Waals surface area contributed by atoms with Crippen LogP contribution in [0.1, 0.15) is 59.8 Å². The van der Waals surface area contributed by atoms with Crippen molar-refractivity contribution < 1.29 is 8.42 Å². The molecule has 0 aromatic carbocycles. The second kappa shape index (κ2) is 7.79. The van der Waals surface area contributed by atoms with Gasteiger partial charge in [0.05, 0.1) is 5.25 Å². The van der Waals surface area contributed by atoms with Crippen LogP contribution in [0.2, 0.25) is 0 Å². The highest BCUT2D eigenvalue weighted by Crippen LogP contribution is 2.34. The minimum atomic E-state index is -2.89. The van der Waals surface area contributed by atoms with Crippen molar-refractivity contribution in [2.45, 2.75) is 71.1 Å². The van der Waals surface area contributed by atoms with Gasteiger partial charge in [-0.1, -0.05) is 34.1 Å². The molecule has 0 aliphatic heterocycles. The second-order valence-electron chi connectivity index (χ2n) is 6.96. The summed E-state index contributed by atoms with van der Waals surface area (Å²) in [5.74, 6) is 1.72. The molecule has 0 amide bonds. The molecule has 1 saturated carbocycles. The Morgan fingerprint density at radius 2 is 1.85 bits per heavy atom. The Balaban J connectivity index is 2.79. The summed E-state index contributed by atoms with van der Waals surface area (Å²) in [6, 6.07) is 0.458. The van der Waals surface area contributed by atoms with Crippen molar-refractivity contribution >= 4 is 9.84 Å². The van der Waals surface area contributed by atoms with Gasteiger partial charge in [0.25, 0.3) is 0 Å². The van der Waals surface area contributed by atoms with Crippen LogP contribution >= 0.6 is 0 Å². The summed E-state index contributed by atoms with van der Waals surface area (Å²) in [7, 11) is -2.89. The van der Waals surface area contributed by atoms with Gasteiger partial charge < -0.3 is 5.32 Å².